The molecule has 1 amide bonds. The Bertz CT molecular complexity index is 1030. The van der Waals surface area contributed by atoms with Gasteiger partial charge in [-0.3, -0.25) is 9.36 Å². The number of anilines is 1. The normalized spacial score (nSPS) is 10.7. The number of rotatable bonds is 7. The lowest BCUT2D eigenvalue weighted by atomic mass is 10.2. The summed E-state index contributed by atoms with van der Waals surface area (Å²) in [6.07, 6.45) is 1.61. The van der Waals surface area contributed by atoms with Crippen LogP contribution in [0.3, 0.4) is 0 Å². The number of furan rings is 1. The van der Waals surface area contributed by atoms with Crippen LogP contribution in [0.25, 0.3) is 11.6 Å². The van der Waals surface area contributed by atoms with E-state index in [1.165, 1.54) is 11.8 Å². The smallest absolute Gasteiger partial charge is 0.234 e. The van der Waals surface area contributed by atoms with Crippen LogP contribution >= 0.6 is 11.8 Å². The van der Waals surface area contributed by atoms with Gasteiger partial charge < -0.3 is 9.73 Å². The van der Waals surface area contributed by atoms with Crippen molar-refractivity contribution in [3.63, 3.8) is 0 Å². The molecule has 2 heterocycles. The van der Waals surface area contributed by atoms with E-state index in [1.54, 1.807) is 6.26 Å². The highest BCUT2D eigenvalue weighted by atomic mass is 32.2. The van der Waals surface area contributed by atoms with Gasteiger partial charge in [0.05, 0.1) is 18.6 Å². The predicted molar refractivity (Wildman–Crippen MR) is 109 cm³/mol. The minimum absolute atomic E-state index is 0.0926. The van der Waals surface area contributed by atoms with E-state index < -0.39 is 0 Å². The van der Waals surface area contributed by atoms with Crippen molar-refractivity contribution in [1.82, 2.24) is 14.8 Å². The third-order valence-electron chi connectivity index (χ3n) is 4.03. The minimum atomic E-state index is -0.0926. The van der Waals surface area contributed by atoms with E-state index >= 15 is 0 Å². The molecule has 0 unspecified atom stereocenters. The number of hydrogen-bond acceptors (Lipinski definition) is 5. The van der Waals surface area contributed by atoms with Gasteiger partial charge in [0.15, 0.2) is 10.9 Å². The predicted octanol–water partition coefficient (Wildman–Crippen LogP) is 4.32. The molecule has 0 saturated heterocycles. The number of amides is 1. The van der Waals surface area contributed by atoms with E-state index in [2.05, 4.69) is 15.5 Å². The van der Waals surface area contributed by atoms with Gasteiger partial charge in [0.1, 0.15) is 0 Å². The molecule has 4 rings (SSSR count). The number of para-hydroxylation sites is 1. The van der Waals surface area contributed by atoms with Crippen LogP contribution in [0.2, 0.25) is 0 Å². The van der Waals surface area contributed by atoms with Gasteiger partial charge in [0, 0.05) is 5.69 Å². The summed E-state index contributed by atoms with van der Waals surface area (Å²) in [6.45, 7) is 0.590. The highest BCUT2D eigenvalue weighted by Crippen LogP contribution is 2.25. The van der Waals surface area contributed by atoms with Crippen LogP contribution in [0.4, 0.5) is 5.69 Å². The van der Waals surface area contributed by atoms with E-state index in [-0.39, 0.29) is 11.7 Å². The summed E-state index contributed by atoms with van der Waals surface area (Å²) < 4.78 is 7.47. The standard InChI is InChI=1S/C21H18N4O2S/c26-19(22-17-10-5-2-6-11-17)15-28-21-24-23-20(18-12-7-13-27-18)25(21)14-16-8-3-1-4-9-16/h1-13H,14-15H2,(H,22,26). The molecule has 0 spiro atoms. The molecule has 0 aliphatic rings. The molecule has 28 heavy (non-hydrogen) atoms. The highest BCUT2D eigenvalue weighted by molar-refractivity contribution is 7.99. The van der Waals surface area contributed by atoms with Gasteiger partial charge in [-0.25, -0.2) is 0 Å². The Labute approximate surface area is 166 Å². The topological polar surface area (TPSA) is 73.0 Å². The molecular weight excluding hydrogens is 372 g/mol. The second-order valence-corrected chi connectivity index (χ2v) is 7.00. The van der Waals surface area contributed by atoms with Crippen molar-refractivity contribution >= 4 is 23.4 Å². The summed E-state index contributed by atoms with van der Waals surface area (Å²) in [5.74, 6) is 1.42. The zero-order valence-corrected chi connectivity index (χ0v) is 15.8. The van der Waals surface area contributed by atoms with E-state index in [4.69, 9.17) is 4.42 Å². The lowest BCUT2D eigenvalue weighted by Crippen LogP contribution is -2.14. The van der Waals surface area contributed by atoms with Crippen molar-refractivity contribution in [2.24, 2.45) is 0 Å². The molecule has 7 heteroatoms. The third kappa shape index (κ3) is 4.32. The number of carbonyl (C=O) groups is 1. The van der Waals surface area contributed by atoms with Crippen LogP contribution in [0.1, 0.15) is 5.56 Å². The molecule has 0 fully saturated rings. The number of thioether (sulfide) groups is 1. The second kappa shape index (κ2) is 8.58. The number of aromatic nitrogens is 3. The molecule has 140 valence electrons. The maximum atomic E-state index is 12.3. The van der Waals surface area contributed by atoms with Crippen molar-refractivity contribution < 1.29 is 9.21 Å². The summed E-state index contributed by atoms with van der Waals surface area (Å²) in [6, 6.07) is 23.1. The maximum Gasteiger partial charge on any atom is 0.234 e. The Morgan fingerprint density at radius 1 is 0.964 bits per heavy atom. The Morgan fingerprint density at radius 2 is 1.71 bits per heavy atom. The fraction of sp³-hybridized carbons (Fsp3) is 0.0952. The number of benzene rings is 2. The number of nitrogens with zero attached hydrogens (tertiary/aromatic N) is 3. The summed E-state index contributed by atoms with van der Waals surface area (Å²) in [7, 11) is 0. The highest BCUT2D eigenvalue weighted by Gasteiger charge is 2.17. The van der Waals surface area contributed by atoms with Crippen molar-refractivity contribution in [3.05, 3.63) is 84.6 Å². The van der Waals surface area contributed by atoms with Gasteiger partial charge in [-0.15, -0.1) is 10.2 Å². The molecule has 0 atom stereocenters. The molecule has 6 nitrogen and oxygen atoms in total. The third-order valence-corrected chi connectivity index (χ3v) is 5.00. The van der Waals surface area contributed by atoms with Crippen LogP contribution in [-0.2, 0) is 11.3 Å². The van der Waals surface area contributed by atoms with Crippen molar-refractivity contribution in [2.75, 3.05) is 11.1 Å². The molecule has 4 aromatic rings. The zero-order chi connectivity index (χ0) is 19.2. The van der Waals surface area contributed by atoms with Crippen LogP contribution in [0, 0.1) is 0 Å². The van der Waals surface area contributed by atoms with E-state index in [1.807, 2.05) is 77.4 Å². The average molecular weight is 390 g/mol. The van der Waals surface area contributed by atoms with E-state index in [0.717, 1.165) is 11.3 Å². The fourth-order valence-electron chi connectivity index (χ4n) is 2.74. The average Bonchev–Trinajstić information content (AvgIpc) is 3.38. The SMILES string of the molecule is O=C(CSc1nnc(-c2ccco2)n1Cc1ccccc1)Nc1ccccc1. The Kier molecular flexibility index (Phi) is 5.53. The number of carbonyl (C=O) groups excluding carboxylic acids is 1. The molecule has 1 N–H and O–H groups in total. The van der Waals surface area contributed by atoms with Crippen LogP contribution in [0.5, 0.6) is 0 Å². The largest absolute Gasteiger partial charge is 0.461 e. The summed E-state index contributed by atoms with van der Waals surface area (Å²) in [5.41, 5.74) is 1.89. The molecular formula is C21H18N4O2S. The Hall–Kier alpha value is -3.32. The molecule has 0 radical (unpaired) electrons. The van der Waals surface area contributed by atoms with Crippen molar-refractivity contribution in [2.45, 2.75) is 11.7 Å². The van der Waals surface area contributed by atoms with Gasteiger partial charge in [-0.2, -0.15) is 0 Å². The summed E-state index contributed by atoms with van der Waals surface area (Å²) in [5, 5.41) is 12.1. The van der Waals surface area contributed by atoms with Gasteiger partial charge >= 0.3 is 0 Å². The summed E-state index contributed by atoms with van der Waals surface area (Å²) >= 11 is 1.35. The quantitative estimate of drug-likeness (QED) is 0.476. The van der Waals surface area contributed by atoms with Gasteiger partial charge in [0.2, 0.25) is 11.7 Å². The zero-order valence-electron chi connectivity index (χ0n) is 15.0. The Balaban J connectivity index is 1.52. The maximum absolute atomic E-state index is 12.3. The van der Waals surface area contributed by atoms with E-state index in [0.29, 0.717) is 23.3 Å². The van der Waals surface area contributed by atoms with Crippen LogP contribution in [-0.4, -0.2) is 26.4 Å². The fourth-order valence-corrected chi connectivity index (χ4v) is 3.48. The number of hydrogen-bond donors (Lipinski definition) is 1. The second-order valence-electron chi connectivity index (χ2n) is 6.06. The molecule has 2 aromatic heterocycles. The number of nitrogens with one attached hydrogen (secondary N) is 1. The first-order valence-electron chi connectivity index (χ1n) is 8.78. The lowest BCUT2D eigenvalue weighted by Gasteiger charge is -2.09. The summed E-state index contributed by atoms with van der Waals surface area (Å²) in [4.78, 5) is 12.3. The molecule has 0 saturated carbocycles. The van der Waals surface area contributed by atoms with Gasteiger partial charge in [-0.05, 0) is 29.8 Å². The first kappa shape index (κ1) is 18.1. The van der Waals surface area contributed by atoms with Crippen LogP contribution in [0.15, 0.2) is 88.6 Å². The van der Waals surface area contributed by atoms with Crippen molar-refractivity contribution in [1.29, 1.82) is 0 Å². The van der Waals surface area contributed by atoms with E-state index in [9.17, 15) is 4.79 Å². The van der Waals surface area contributed by atoms with Gasteiger partial charge in [0.25, 0.3) is 0 Å². The Morgan fingerprint density at radius 3 is 2.43 bits per heavy atom. The molecule has 0 aliphatic carbocycles. The first-order valence-corrected chi connectivity index (χ1v) is 9.77. The first-order chi connectivity index (χ1) is 13.8. The van der Waals surface area contributed by atoms with Crippen molar-refractivity contribution in [3.8, 4) is 11.6 Å². The van der Waals surface area contributed by atoms with Gasteiger partial charge in [-0.1, -0.05) is 60.3 Å². The molecule has 0 bridgehead atoms. The molecule has 2 aromatic carbocycles. The monoisotopic (exact) mass is 390 g/mol. The minimum Gasteiger partial charge on any atom is -0.461 e. The van der Waals surface area contributed by atoms with Crippen LogP contribution < -0.4 is 5.32 Å². The molecule has 0 aliphatic heterocycles. The lowest BCUT2D eigenvalue weighted by molar-refractivity contribution is -0.113.